The Kier molecular flexibility index (Phi) is 4.90. The fourth-order valence-corrected chi connectivity index (χ4v) is 1.52. The molecular weight excluding hydrogens is 228 g/mol. The van der Waals surface area contributed by atoms with E-state index in [4.69, 9.17) is 0 Å². The molecule has 0 saturated heterocycles. The SMILES string of the molecule is CC(C)NC(=O)Cn1ccnc1CNC(C)(C)C. The monoisotopic (exact) mass is 252 g/mol. The molecule has 5 nitrogen and oxygen atoms in total. The first-order chi connectivity index (χ1) is 8.28. The van der Waals surface area contributed by atoms with Crippen molar-refractivity contribution in [3.8, 4) is 0 Å². The molecule has 0 aliphatic carbocycles. The molecule has 5 heteroatoms. The van der Waals surface area contributed by atoms with Crippen LogP contribution in [0.1, 0.15) is 40.4 Å². The largest absolute Gasteiger partial charge is 0.352 e. The maximum absolute atomic E-state index is 11.7. The van der Waals surface area contributed by atoms with E-state index in [9.17, 15) is 4.79 Å². The zero-order valence-electron chi connectivity index (χ0n) is 11.9. The van der Waals surface area contributed by atoms with Crippen LogP contribution in [0.2, 0.25) is 0 Å². The first kappa shape index (κ1) is 14.7. The van der Waals surface area contributed by atoms with E-state index in [-0.39, 0.29) is 17.5 Å². The van der Waals surface area contributed by atoms with Crippen LogP contribution in [-0.4, -0.2) is 27.0 Å². The number of hydrogen-bond acceptors (Lipinski definition) is 3. The molecule has 0 fully saturated rings. The molecule has 1 rings (SSSR count). The number of amides is 1. The summed E-state index contributed by atoms with van der Waals surface area (Å²) in [5.74, 6) is 0.892. The van der Waals surface area contributed by atoms with Crippen molar-refractivity contribution in [3.63, 3.8) is 0 Å². The Morgan fingerprint density at radius 1 is 1.44 bits per heavy atom. The number of rotatable bonds is 5. The highest BCUT2D eigenvalue weighted by atomic mass is 16.2. The van der Waals surface area contributed by atoms with Crippen molar-refractivity contribution in [2.75, 3.05) is 0 Å². The van der Waals surface area contributed by atoms with Crippen LogP contribution < -0.4 is 10.6 Å². The number of nitrogens with one attached hydrogen (secondary N) is 2. The van der Waals surface area contributed by atoms with E-state index >= 15 is 0 Å². The molecule has 0 spiro atoms. The van der Waals surface area contributed by atoms with Crippen molar-refractivity contribution in [1.82, 2.24) is 20.2 Å². The normalized spacial score (nSPS) is 11.9. The van der Waals surface area contributed by atoms with Crippen LogP contribution in [0.5, 0.6) is 0 Å². The van der Waals surface area contributed by atoms with Gasteiger partial charge in [0, 0.05) is 24.0 Å². The highest BCUT2D eigenvalue weighted by Gasteiger charge is 2.12. The Labute approximate surface area is 109 Å². The second kappa shape index (κ2) is 6.00. The van der Waals surface area contributed by atoms with Crippen LogP contribution >= 0.6 is 0 Å². The molecule has 0 aliphatic rings. The van der Waals surface area contributed by atoms with Crippen LogP contribution in [0.15, 0.2) is 12.4 Å². The van der Waals surface area contributed by atoms with Crippen LogP contribution in [0.3, 0.4) is 0 Å². The molecule has 0 radical (unpaired) electrons. The van der Waals surface area contributed by atoms with Gasteiger partial charge in [0.15, 0.2) is 0 Å². The lowest BCUT2D eigenvalue weighted by atomic mass is 10.1. The van der Waals surface area contributed by atoms with Crippen molar-refractivity contribution >= 4 is 5.91 Å². The van der Waals surface area contributed by atoms with E-state index in [0.29, 0.717) is 13.1 Å². The van der Waals surface area contributed by atoms with Gasteiger partial charge in [0.05, 0.1) is 6.54 Å². The molecule has 0 aliphatic heterocycles. The number of imidazole rings is 1. The van der Waals surface area contributed by atoms with Crippen LogP contribution in [0.4, 0.5) is 0 Å². The van der Waals surface area contributed by atoms with Gasteiger partial charge in [-0.3, -0.25) is 4.79 Å². The molecular formula is C13H24N4O. The second-order valence-electron chi connectivity index (χ2n) is 5.80. The average Bonchev–Trinajstić information content (AvgIpc) is 2.59. The molecule has 1 aromatic rings. The Bertz CT molecular complexity index is 390. The van der Waals surface area contributed by atoms with Crippen molar-refractivity contribution in [1.29, 1.82) is 0 Å². The van der Waals surface area contributed by atoms with E-state index in [1.165, 1.54) is 0 Å². The summed E-state index contributed by atoms with van der Waals surface area (Å²) in [5.41, 5.74) is 0.0387. The van der Waals surface area contributed by atoms with Gasteiger partial charge in [-0.05, 0) is 34.6 Å². The molecule has 0 unspecified atom stereocenters. The summed E-state index contributed by atoms with van der Waals surface area (Å²) in [6.07, 6.45) is 3.56. The van der Waals surface area contributed by atoms with Gasteiger partial charge < -0.3 is 15.2 Å². The summed E-state index contributed by atoms with van der Waals surface area (Å²) in [6.45, 7) is 11.2. The third-order valence-corrected chi connectivity index (χ3v) is 2.34. The first-order valence-corrected chi connectivity index (χ1v) is 6.32. The predicted octanol–water partition coefficient (Wildman–Crippen LogP) is 1.30. The van der Waals surface area contributed by atoms with Crippen molar-refractivity contribution in [2.24, 2.45) is 0 Å². The zero-order chi connectivity index (χ0) is 13.8. The summed E-state index contributed by atoms with van der Waals surface area (Å²) in [7, 11) is 0. The fourth-order valence-electron chi connectivity index (χ4n) is 1.52. The molecule has 0 aromatic carbocycles. The Hall–Kier alpha value is -1.36. The standard InChI is InChI=1S/C13H24N4O/c1-10(2)16-12(18)9-17-7-6-14-11(17)8-15-13(3,4)5/h6-7,10,15H,8-9H2,1-5H3,(H,16,18). The predicted molar refractivity (Wildman–Crippen MR) is 72.1 cm³/mol. The van der Waals surface area contributed by atoms with Crippen LogP contribution in [0, 0.1) is 0 Å². The Morgan fingerprint density at radius 2 is 2.11 bits per heavy atom. The lowest BCUT2D eigenvalue weighted by Crippen LogP contribution is -2.37. The molecule has 0 atom stereocenters. The van der Waals surface area contributed by atoms with E-state index in [1.807, 2.05) is 24.6 Å². The van der Waals surface area contributed by atoms with Gasteiger partial charge in [-0.25, -0.2) is 4.98 Å². The molecule has 0 saturated carbocycles. The third-order valence-electron chi connectivity index (χ3n) is 2.34. The average molecular weight is 252 g/mol. The molecule has 2 N–H and O–H groups in total. The molecule has 18 heavy (non-hydrogen) atoms. The van der Waals surface area contributed by atoms with Gasteiger partial charge in [0.1, 0.15) is 12.4 Å². The van der Waals surface area contributed by atoms with E-state index < -0.39 is 0 Å². The van der Waals surface area contributed by atoms with Gasteiger partial charge in [-0.1, -0.05) is 0 Å². The Morgan fingerprint density at radius 3 is 2.67 bits per heavy atom. The lowest BCUT2D eigenvalue weighted by molar-refractivity contribution is -0.122. The lowest BCUT2D eigenvalue weighted by Gasteiger charge is -2.20. The Balaban J connectivity index is 2.57. The summed E-state index contributed by atoms with van der Waals surface area (Å²) in [4.78, 5) is 16.0. The minimum atomic E-state index is 0.0139. The van der Waals surface area contributed by atoms with Gasteiger partial charge >= 0.3 is 0 Å². The number of carbonyl (C=O) groups is 1. The maximum atomic E-state index is 11.7. The third kappa shape index (κ3) is 5.31. The molecule has 1 amide bonds. The van der Waals surface area contributed by atoms with E-state index in [1.54, 1.807) is 6.20 Å². The summed E-state index contributed by atoms with van der Waals surface area (Å²) in [6, 6.07) is 0.164. The molecule has 102 valence electrons. The summed E-state index contributed by atoms with van der Waals surface area (Å²) < 4.78 is 1.87. The summed E-state index contributed by atoms with van der Waals surface area (Å²) in [5, 5.41) is 6.24. The first-order valence-electron chi connectivity index (χ1n) is 6.32. The van der Waals surface area contributed by atoms with Crippen molar-refractivity contribution < 1.29 is 4.79 Å². The molecule has 1 heterocycles. The number of carbonyl (C=O) groups excluding carboxylic acids is 1. The minimum Gasteiger partial charge on any atom is -0.352 e. The number of hydrogen-bond donors (Lipinski definition) is 2. The van der Waals surface area contributed by atoms with Crippen LogP contribution in [-0.2, 0) is 17.9 Å². The van der Waals surface area contributed by atoms with Crippen molar-refractivity contribution in [3.05, 3.63) is 18.2 Å². The molecule has 0 bridgehead atoms. The minimum absolute atomic E-state index is 0.0139. The molecule has 1 aromatic heterocycles. The van der Waals surface area contributed by atoms with Gasteiger partial charge in [-0.2, -0.15) is 0 Å². The highest BCUT2D eigenvalue weighted by Crippen LogP contribution is 2.03. The van der Waals surface area contributed by atoms with Crippen molar-refractivity contribution in [2.45, 2.75) is 59.3 Å². The van der Waals surface area contributed by atoms with Gasteiger partial charge in [0.25, 0.3) is 0 Å². The topological polar surface area (TPSA) is 59.0 Å². The van der Waals surface area contributed by atoms with Crippen LogP contribution in [0.25, 0.3) is 0 Å². The fraction of sp³-hybridized carbons (Fsp3) is 0.692. The van der Waals surface area contributed by atoms with E-state index in [0.717, 1.165) is 5.82 Å². The highest BCUT2D eigenvalue weighted by molar-refractivity contribution is 5.76. The van der Waals surface area contributed by atoms with Gasteiger partial charge in [0.2, 0.25) is 5.91 Å². The van der Waals surface area contributed by atoms with E-state index in [2.05, 4.69) is 36.4 Å². The zero-order valence-corrected chi connectivity index (χ0v) is 11.9. The smallest absolute Gasteiger partial charge is 0.240 e. The maximum Gasteiger partial charge on any atom is 0.240 e. The van der Waals surface area contributed by atoms with Gasteiger partial charge in [-0.15, -0.1) is 0 Å². The summed E-state index contributed by atoms with van der Waals surface area (Å²) >= 11 is 0. The quantitative estimate of drug-likeness (QED) is 0.830. The number of aromatic nitrogens is 2. The number of nitrogens with zero attached hydrogens (tertiary/aromatic N) is 2. The second-order valence-corrected chi connectivity index (χ2v) is 5.80.